The minimum absolute atomic E-state index is 0.331. The summed E-state index contributed by atoms with van der Waals surface area (Å²) in [4.78, 5) is 0. The van der Waals surface area contributed by atoms with Gasteiger partial charge in [-0.3, -0.25) is 0 Å². The molecule has 0 saturated carbocycles. The van der Waals surface area contributed by atoms with E-state index in [0.717, 1.165) is 22.4 Å². The number of aryl methyl sites for hydroxylation is 3. The molecule has 0 fully saturated rings. The minimum atomic E-state index is -2.18. The second kappa shape index (κ2) is 6.35. The van der Waals surface area contributed by atoms with Crippen LogP contribution in [-0.2, 0) is 18.8 Å². The van der Waals surface area contributed by atoms with Crippen molar-refractivity contribution in [3.63, 3.8) is 0 Å². The molecule has 1 heterocycles. The van der Waals surface area contributed by atoms with Gasteiger partial charge in [-0.1, -0.05) is 47.6 Å². The molecule has 0 unspecified atom stereocenters. The van der Waals surface area contributed by atoms with Crippen LogP contribution in [0.25, 0.3) is 11.3 Å². The van der Waals surface area contributed by atoms with Crippen molar-refractivity contribution >= 4 is 0 Å². The molecule has 0 spiro atoms. The summed E-state index contributed by atoms with van der Waals surface area (Å²) in [6, 6.07) is 7.47. The topological polar surface area (TPSA) is 3.88 Å². The normalized spacial score (nSPS) is 16.8. The van der Waals surface area contributed by atoms with E-state index in [4.69, 9.17) is 6.85 Å². The van der Waals surface area contributed by atoms with Crippen molar-refractivity contribution in [3.8, 4) is 11.3 Å². The van der Waals surface area contributed by atoms with Crippen molar-refractivity contribution in [2.75, 3.05) is 0 Å². The van der Waals surface area contributed by atoms with E-state index in [1.165, 1.54) is 0 Å². The number of nitrogens with zero attached hydrogens (tertiary/aromatic N) is 1. The molecule has 0 N–H and O–H groups in total. The van der Waals surface area contributed by atoms with Crippen LogP contribution in [0.2, 0.25) is 0 Å². The predicted octanol–water partition coefficient (Wildman–Crippen LogP) is 5.68. The van der Waals surface area contributed by atoms with E-state index in [1.54, 1.807) is 6.07 Å². The second-order valence-corrected chi connectivity index (χ2v) is 8.75. The first-order valence-corrected chi connectivity index (χ1v) is 8.53. The molecular weight excluding hydrogens is 290 g/mol. The Morgan fingerprint density at radius 3 is 2.25 bits per heavy atom. The first kappa shape index (κ1) is 12.7. The molecule has 2 aromatic rings. The number of rotatable bonds is 2. The van der Waals surface area contributed by atoms with Crippen LogP contribution in [0.15, 0.2) is 30.5 Å². The molecule has 0 aliphatic carbocycles. The third kappa shape index (κ3) is 4.26. The summed E-state index contributed by atoms with van der Waals surface area (Å²) < 4.78 is 43.2. The molecule has 1 aromatic heterocycles. The summed E-state index contributed by atoms with van der Waals surface area (Å²) in [5.74, 6) is 0. The molecule has 0 atom stereocenters. The first-order chi connectivity index (χ1) is 12.9. The van der Waals surface area contributed by atoms with Gasteiger partial charge in [-0.15, -0.1) is 0 Å². The lowest BCUT2D eigenvalue weighted by molar-refractivity contribution is -0.660. The average molecular weight is 330 g/mol. The van der Waals surface area contributed by atoms with Crippen LogP contribution in [0.5, 0.6) is 0 Å². The van der Waals surface area contributed by atoms with E-state index in [-0.39, 0.29) is 5.41 Å². The number of hydrogen-bond acceptors (Lipinski definition) is 0. The first-order valence-electron chi connectivity index (χ1n) is 11.0. The van der Waals surface area contributed by atoms with Gasteiger partial charge >= 0.3 is 0 Å². The summed E-state index contributed by atoms with van der Waals surface area (Å²) in [6.45, 7) is 11.5. The van der Waals surface area contributed by atoms with Crippen molar-refractivity contribution in [1.82, 2.24) is 0 Å². The fourth-order valence-electron chi connectivity index (χ4n) is 2.95. The van der Waals surface area contributed by atoms with Crippen molar-refractivity contribution in [3.05, 3.63) is 52.7 Å². The molecule has 2 rings (SSSR count). The van der Waals surface area contributed by atoms with Crippen molar-refractivity contribution in [2.24, 2.45) is 12.5 Å². The van der Waals surface area contributed by atoms with Crippen LogP contribution in [0.3, 0.4) is 0 Å². The highest BCUT2D eigenvalue weighted by atomic mass is 14.9. The van der Waals surface area contributed by atoms with Gasteiger partial charge in [0.05, 0.1) is 0 Å². The Morgan fingerprint density at radius 2 is 1.71 bits per heavy atom. The summed E-state index contributed by atoms with van der Waals surface area (Å²) in [6.07, 6.45) is 0.373. The zero-order valence-electron chi connectivity index (χ0n) is 21.3. The van der Waals surface area contributed by atoms with Crippen molar-refractivity contribution < 1.29 is 11.4 Å². The van der Waals surface area contributed by atoms with E-state index in [0.29, 0.717) is 11.1 Å². The summed E-state index contributed by atoms with van der Waals surface area (Å²) in [7, 11) is 1.93. The lowest BCUT2D eigenvalue weighted by Gasteiger charge is -2.23. The number of aromatic nitrogens is 1. The van der Waals surface area contributed by atoms with E-state index in [9.17, 15) is 0 Å². The third-order valence-electron chi connectivity index (χ3n) is 4.12. The molecule has 130 valence electrons. The highest BCUT2D eigenvalue weighted by Crippen LogP contribution is 2.32. The highest BCUT2D eigenvalue weighted by molar-refractivity contribution is 5.64. The molecule has 0 bridgehead atoms. The molecule has 24 heavy (non-hydrogen) atoms. The second-order valence-electron chi connectivity index (χ2n) is 8.75. The smallest absolute Gasteiger partial charge is 0.201 e. The molecule has 0 radical (unpaired) electrons. The maximum Gasteiger partial charge on any atom is 0.212 e. The Balaban J connectivity index is 2.81. The predicted molar refractivity (Wildman–Crippen MR) is 104 cm³/mol. The molecule has 0 amide bonds. The maximum atomic E-state index is 8.64. The summed E-state index contributed by atoms with van der Waals surface area (Å²) in [5, 5.41) is 0. The molecular formula is C23H34N+. The van der Waals surface area contributed by atoms with Gasteiger partial charge in [0.2, 0.25) is 5.69 Å². The molecule has 1 nitrogen and oxygen atoms in total. The van der Waals surface area contributed by atoms with E-state index < -0.39 is 18.6 Å². The Bertz CT molecular complexity index is 913. The van der Waals surface area contributed by atoms with Crippen LogP contribution in [0.4, 0.5) is 0 Å². The molecule has 1 heteroatoms. The van der Waals surface area contributed by atoms with Gasteiger partial charge < -0.3 is 0 Å². The van der Waals surface area contributed by atoms with Crippen LogP contribution < -0.4 is 4.57 Å². The lowest BCUT2D eigenvalue weighted by Crippen LogP contribution is -2.31. The maximum absolute atomic E-state index is 8.64. The lowest BCUT2D eigenvalue weighted by atomic mass is 9.81. The number of benzene rings is 1. The fraction of sp³-hybridized carbons (Fsp3) is 0.522. The molecule has 0 saturated heterocycles. The average Bonchev–Trinajstić information content (AvgIpc) is 2.52. The Labute approximate surface area is 155 Å². The quantitative estimate of drug-likeness (QED) is 0.624. The number of pyridine rings is 1. The van der Waals surface area contributed by atoms with E-state index in [1.807, 2.05) is 84.5 Å². The largest absolute Gasteiger partial charge is 0.212 e. The van der Waals surface area contributed by atoms with Crippen molar-refractivity contribution in [2.45, 2.75) is 67.1 Å². The van der Waals surface area contributed by atoms with Gasteiger partial charge in [-0.25, -0.2) is 4.57 Å². The minimum Gasteiger partial charge on any atom is -0.201 e. The van der Waals surface area contributed by atoms with Gasteiger partial charge in [-0.2, -0.15) is 0 Å². The Kier molecular flexibility index (Phi) is 3.36. The molecule has 0 aliphatic rings. The summed E-state index contributed by atoms with van der Waals surface area (Å²) >= 11 is 0. The summed E-state index contributed by atoms with van der Waals surface area (Å²) in [5.41, 5.74) is 3.58. The SMILES string of the molecule is [2H]C([2H])([2H])c1cc(C)c(-c2cc(C([2H])([2H])C(C)(C)C)cc[n+]2C)cc1C(C)(C)C. The van der Waals surface area contributed by atoms with E-state index in [2.05, 4.69) is 0 Å². The Hall–Kier alpha value is -1.63. The monoisotopic (exact) mass is 329 g/mol. The third-order valence-corrected chi connectivity index (χ3v) is 4.12. The van der Waals surface area contributed by atoms with Gasteiger partial charge in [0.25, 0.3) is 0 Å². The number of hydrogen-bond donors (Lipinski definition) is 0. The van der Waals surface area contributed by atoms with E-state index >= 15 is 0 Å². The zero-order chi connectivity index (χ0) is 22.6. The molecule has 1 aromatic carbocycles. The van der Waals surface area contributed by atoms with Gasteiger partial charge in [0.1, 0.15) is 7.05 Å². The van der Waals surface area contributed by atoms with Gasteiger partial charge in [0.15, 0.2) is 6.20 Å². The van der Waals surface area contributed by atoms with Gasteiger partial charge in [-0.05, 0) is 59.3 Å². The Morgan fingerprint density at radius 1 is 1.04 bits per heavy atom. The van der Waals surface area contributed by atoms with Gasteiger partial charge in [0, 0.05) is 24.5 Å². The van der Waals surface area contributed by atoms with Crippen LogP contribution in [0, 0.1) is 19.2 Å². The molecule has 0 aliphatic heterocycles. The van der Waals surface area contributed by atoms with Crippen molar-refractivity contribution in [1.29, 1.82) is 0 Å². The standard InChI is InChI=1S/C23H34N/c1-16-12-17(2)20(23(6,7)8)14-19(16)21-13-18(10-11-24(21)9)15-22(3,4)5/h10-14H,15H2,1-9H3/q+1/i2D3,15D2. The van der Waals surface area contributed by atoms with Crippen LogP contribution in [0.1, 0.15) is 70.7 Å². The zero-order valence-corrected chi connectivity index (χ0v) is 16.3. The van der Waals surface area contributed by atoms with Crippen LogP contribution >= 0.6 is 0 Å². The highest BCUT2D eigenvalue weighted by Gasteiger charge is 2.22. The van der Waals surface area contributed by atoms with Crippen LogP contribution in [-0.4, -0.2) is 0 Å². The fourth-order valence-corrected chi connectivity index (χ4v) is 2.95.